The second-order valence-corrected chi connectivity index (χ2v) is 7.35. The first-order chi connectivity index (χ1) is 9.75. The number of thioether (sulfide) groups is 1. The van der Waals surface area contributed by atoms with Gasteiger partial charge in [-0.15, -0.1) is 11.3 Å². The minimum atomic E-state index is -0.0725. The summed E-state index contributed by atoms with van der Waals surface area (Å²) in [5.74, 6) is 1.13. The van der Waals surface area contributed by atoms with Gasteiger partial charge in [0.05, 0.1) is 10.4 Å². The molecule has 1 saturated heterocycles. The molecule has 6 heteroatoms. The summed E-state index contributed by atoms with van der Waals surface area (Å²) in [6.07, 6.45) is 5.45. The van der Waals surface area contributed by atoms with Crippen LogP contribution in [-0.2, 0) is 0 Å². The van der Waals surface area contributed by atoms with E-state index in [0.717, 1.165) is 16.8 Å². The number of hydrogen-bond donors (Lipinski definition) is 2. The minimum absolute atomic E-state index is 0.0725. The Bertz CT molecular complexity index is 620. The van der Waals surface area contributed by atoms with Crippen molar-refractivity contribution in [1.29, 1.82) is 0 Å². The monoisotopic (exact) mass is 307 g/mol. The number of rotatable bonds is 3. The van der Waals surface area contributed by atoms with E-state index in [0.29, 0.717) is 15.8 Å². The lowest BCUT2D eigenvalue weighted by atomic mass is 10.2. The lowest BCUT2D eigenvalue weighted by Crippen LogP contribution is -2.31. The van der Waals surface area contributed by atoms with Crippen LogP contribution < -0.4 is 11.1 Å². The van der Waals surface area contributed by atoms with Crippen molar-refractivity contribution in [3.63, 3.8) is 0 Å². The van der Waals surface area contributed by atoms with Gasteiger partial charge in [0, 0.05) is 18.0 Å². The van der Waals surface area contributed by atoms with Gasteiger partial charge in [-0.2, -0.15) is 11.8 Å². The second kappa shape index (κ2) is 6.01. The Morgan fingerprint density at radius 2 is 2.40 bits per heavy atom. The van der Waals surface area contributed by atoms with Crippen LogP contribution in [0.4, 0.5) is 5.69 Å². The number of anilines is 1. The molecule has 2 aromatic heterocycles. The summed E-state index contributed by atoms with van der Waals surface area (Å²) in [5.41, 5.74) is 7.26. The number of pyridine rings is 1. The smallest absolute Gasteiger partial charge is 0.263 e. The van der Waals surface area contributed by atoms with Crippen molar-refractivity contribution >= 4 is 44.9 Å². The number of fused-ring (bicyclic) bond motifs is 1. The molecule has 3 rings (SSSR count). The second-order valence-electron chi connectivity index (χ2n) is 4.89. The third-order valence-electron chi connectivity index (χ3n) is 3.45. The predicted octanol–water partition coefficient (Wildman–Crippen LogP) is 2.89. The first kappa shape index (κ1) is 13.7. The molecule has 4 nitrogen and oxygen atoms in total. The highest BCUT2D eigenvalue weighted by Gasteiger charge is 2.19. The van der Waals surface area contributed by atoms with Gasteiger partial charge in [0.15, 0.2) is 0 Å². The lowest BCUT2D eigenvalue weighted by Gasteiger charge is -2.21. The number of thiophene rings is 1. The molecular weight excluding hydrogens is 290 g/mol. The van der Waals surface area contributed by atoms with Crippen LogP contribution >= 0.6 is 23.1 Å². The molecule has 1 fully saturated rings. The molecule has 0 bridgehead atoms. The van der Waals surface area contributed by atoms with E-state index in [-0.39, 0.29) is 5.91 Å². The molecule has 1 unspecified atom stereocenters. The summed E-state index contributed by atoms with van der Waals surface area (Å²) in [6, 6.07) is 3.80. The SMILES string of the molecule is Nc1c(C(=O)NCC2CCCCS2)sc2cccnc12. The zero-order valence-electron chi connectivity index (χ0n) is 11.1. The van der Waals surface area contributed by atoms with E-state index < -0.39 is 0 Å². The number of nitrogens with zero attached hydrogens (tertiary/aromatic N) is 1. The molecule has 1 atom stereocenters. The molecule has 1 aliphatic heterocycles. The van der Waals surface area contributed by atoms with Crippen LogP contribution in [0.5, 0.6) is 0 Å². The molecule has 0 spiro atoms. The van der Waals surface area contributed by atoms with Gasteiger partial charge in [-0.25, -0.2) is 0 Å². The summed E-state index contributed by atoms with van der Waals surface area (Å²) in [7, 11) is 0. The summed E-state index contributed by atoms with van der Waals surface area (Å²) >= 11 is 3.37. The van der Waals surface area contributed by atoms with Crippen molar-refractivity contribution in [1.82, 2.24) is 10.3 Å². The molecule has 2 aromatic rings. The Morgan fingerprint density at radius 3 is 3.15 bits per heavy atom. The molecule has 0 aromatic carbocycles. The number of nitrogens with two attached hydrogens (primary N) is 1. The number of nitrogens with one attached hydrogen (secondary N) is 1. The summed E-state index contributed by atoms with van der Waals surface area (Å²) in [4.78, 5) is 17.1. The van der Waals surface area contributed by atoms with Crippen molar-refractivity contribution in [3.8, 4) is 0 Å². The van der Waals surface area contributed by atoms with Crippen molar-refractivity contribution in [3.05, 3.63) is 23.2 Å². The molecule has 0 aliphatic carbocycles. The Balaban J connectivity index is 1.70. The molecule has 3 N–H and O–H groups in total. The third-order valence-corrected chi connectivity index (χ3v) is 6.01. The number of carbonyl (C=O) groups is 1. The molecule has 0 radical (unpaired) electrons. The largest absolute Gasteiger partial charge is 0.396 e. The maximum absolute atomic E-state index is 12.3. The molecule has 3 heterocycles. The predicted molar refractivity (Wildman–Crippen MR) is 86.5 cm³/mol. The van der Waals surface area contributed by atoms with Gasteiger partial charge in [0.2, 0.25) is 0 Å². The standard InChI is InChI=1S/C14H17N3OS2/c15-11-12-10(5-3-6-16-12)20-13(11)14(18)17-8-9-4-1-2-7-19-9/h3,5-6,9H,1-2,4,7-8,15H2,(H,17,18). The molecule has 20 heavy (non-hydrogen) atoms. The van der Waals surface area contributed by atoms with Gasteiger partial charge in [-0.3, -0.25) is 9.78 Å². The summed E-state index contributed by atoms with van der Waals surface area (Å²) in [6.45, 7) is 0.727. The first-order valence-corrected chi connectivity index (χ1v) is 8.65. The van der Waals surface area contributed by atoms with Gasteiger partial charge >= 0.3 is 0 Å². The van der Waals surface area contributed by atoms with E-state index in [2.05, 4.69) is 10.3 Å². The van der Waals surface area contributed by atoms with Crippen LogP contribution in [0.3, 0.4) is 0 Å². The third kappa shape index (κ3) is 2.76. The van der Waals surface area contributed by atoms with Gasteiger partial charge in [0.1, 0.15) is 10.4 Å². The van der Waals surface area contributed by atoms with Crippen molar-refractivity contribution in [2.75, 3.05) is 18.0 Å². The minimum Gasteiger partial charge on any atom is -0.396 e. The van der Waals surface area contributed by atoms with Crippen LogP contribution in [0.15, 0.2) is 18.3 Å². The van der Waals surface area contributed by atoms with Crippen molar-refractivity contribution in [2.45, 2.75) is 24.5 Å². The fourth-order valence-corrected chi connectivity index (χ4v) is 4.61. The Morgan fingerprint density at radius 1 is 1.50 bits per heavy atom. The Hall–Kier alpha value is -1.27. The topological polar surface area (TPSA) is 68.0 Å². The van der Waals surface area contributed by atoms with Crippen molar-refractivity contribution in [2.24, 2.45) is 0 Å². The number of aromatic nitrogens is 1. The van der Waals surface area contributed by atoms with E-state index >= 15 is 0 Å². The Labute approximate surface area is 126 Å². The van der Waals surface area contributed by atoms with Crippen LogP contribution in [0, 0.1) is 0 Å². The van der Waals surface area contributed by atoms with Gasteiger partial charge in [-0.1, -0.05) is 6.42 Å². The highest BCUT2D eigenvalue weighted by molar-refractivity contribution is 7.99. The Kier molecular flexibility index (Phi) is 4.12. The first-order valence-electron chi connectivity index (χ1n) is 6.78. The van der Waals surface area contributed by atoms with E-state index in [1.54, 1.807) is 6.20 Å². The van der Waals surface area contributed by atoms with Crippen LogP contribution in [0.1, 0.15) is 28.9 Å². The number of nitrogen functional groups attached to an aromatic ring is 1. The van der Waals surface area contributed by atoms with Gasteiger partial charge in [-0.05, 0) is 30.7 Å². The number of amides is 1. The quantitative estimate of drug-likeness (QED) is 0.915. The fourth-order valence-electron chi connectivity index (χ4n) is 2.37. The molecular formula is C14H17N3OS2. The van der Waals surface area contributed by atoms with Crippen LogP contribution in [0.2, 0.25) is 0 Å². The van der Waals surface area contributed by atoms with Gasteiger partial charge < -0.3 is 11.1 Å². The average Bonchev–Trinajstić information content (AvgIpc) is 2.84. The van der Waals surface area contributed by atoms with Crippen LogP contribution in [0.25, 0.3) is 10.2 Å². The fraction of sp³-hybridized carbons (Fsp3) is 0.429. The normalized spacial score (nSPS) is 19.1. The van der Waals surface area contributed by atoms with E-state index in [1.807, 2.05) is 23.9 Å². The molecule has 106 valence electrons. The zero-order chi connectivity index (χ0) is 13.9. The van der Waals surface area contributed by atoms with E-state index in [9.17, 15) is 4.79 Å². The maximum Gasteiger partial charge on any atom is 0.263 e. The number of carbonyl (C=O) groups excluding carboxylic acids is 1. The van der Waals surface area contributed by atoms with E-state index in [4.69, 9.17) is 5.73 Å². The molecule has 1 aliphatic rings. The van der Waals surface area contributed by atoms with Crippen LogP contribution in [-0.4, -0.2) is 28.4 Å². The highest BCUT2D eigenvalue weighted by Crippen LogP contribution is 2.32. The summed E-state index contributed by atoms with van der Waals surface area (Å²) < 4.78 is 0.960. The van der Waals surface area contributed by atoms with Gasteiger partial charge in [0.25, 0.3) is 5.91 Å². The maximum atomic E-state index is 12.3. The zero-order valence-corrected chi connectivity index (χ0v) is 12.7. The van der Waals surface area contributed by atoms with Crippen molar-refractivity contribution < 1.29 is 4.79 Å². The molecule has 1 amide bonds. The van der Waals surface area contributed by atoms with E-state index in [1.165, 1.54) is 36.4 Å². The average molecular weight is 307 g/mol. The summed E-state index contributed by atoms with van der Waals surface area (Å²) in [5, 5.41) is 3.56. The lowest BCUT2D eigenvalue weighted by molar-refractivity contribution is 0.0958. The highest BCUT2D eigenvalue weighted by atomic mass is 32.2. The molecule has 0 saturated carbocycles. The number of hydrogen-bond acceptors (Lipinski definition) is 5.